The first-order valence-electron chi connectivity index (χ1n) is 5.54. The Bertz CT molecular complexity index is 215. The van der Waals surface area contributed by atoms with E-state index in [-0.39, 0.29) is 5.41 Å². The van der Waals surface area contributed by atoms with Gasteiger partial charge in [-0.15, -0.1) is 0 Å². The van der Waals surface area contributed by atoms with Crippen molar-refractivity contribution in [2.75, 3.05) is 13.2 Å². The van der Waals surface area contributed by atoms with Crippen LogP contribution in [-0.4, -0.2) is 24.3 Å². The molecule has 1 N–H and O–H groups in total. The molecule has 1 heterocycles. The number of aliphatic carboxylic acids is 1. The van der Waals surface area contributed by atoms with Gasteiger partial charge in [-0.1, -0.05) is 6.42 Å². The van der Waals surface area contributed by atoms with Crippen LogP contribution in [0.25, 0.3) is 0 Å². The van der Waals surface area contributed by atoms with E-state index < -0.39 is 5.97 Å². The highest BCUT2D eigenvalue weighted by Gasteiger charge is 2.45. The molecule has 0 aromatic heterocycles. The number of ether oxygens (including phenoxy) is 1. The molecule has 0 aromatic rings. The van der Waals surface area contributed by atoms with Crippen LogP contribution < -0.4 is 0 Å². The van der Waals surface area contributed by atoms with E-state index in [1.165, 1.54) is 0 Å². The zero-order valence-electron chi connectivity index (χ0n) is 8.50. The van der Waals surface area contributed by atoms with Crippen LogP contribution in [-0.2, 0) is 9.53 Å². The minimum absolute atomic E-state index is 0.359. The van der Waals surface area contributed by atoms with Crippen molar-refractivity contribution in [1.82, 2.24) is 0 Å². The second kappa shape index (κ2) is 3.89. The first-order valence-corrected chi connectivity index (χ1v) is 5.54. The Kier molecular flexibility index (Phi) is 2.77. The summed E-state index contributed by atoms with van der Waals surface area (Å²) < 4.78 is 5.28. The van der Waals surface area contributed by atoms with Crippen LogP contribution in [0.2, 0.25) is 0 Å². The Labute approximate surface area is 84.4 Å². The summed E-state index contributed by atoms with van der Waals surface area (Å²) in [5.74, 6) is 0.00962. The van der Waals surface area contributed by atoms with Gasteiger partial charge in [0.15, 0.2) is 0 Å². The molecule has 2 rings (SSSR count). The predicted molar refractivity (Wildman–Crippen MR) is 52.1 cm³/mol. The maximum Gasteiger partial charge on any atom is 0.309 e. The summed E-state index contributed by atoms with van der Waals surface area (Å²) in [5, 5.41) is 9.18. The molecule has 1 aliphatic carbocycles. The first kappa shape index (κ1) is 9.97. The third-order valence-corrected chi connectivity index (χ3v) is 3.78. The standard InChI is InChI=1S/C11H18O3/c12-10(13)11(4-1-5-11)8-9-2-6-14-7-3-9/h9H,1-8H2,(H,12,13). The van der Waals surface area contributed by atoms with Crippen molar-refractivity contribution >= 4 is 5.97 Å². The van der Waals surface area contributed by atoms with E-state index in [0.29, 0.717) is 5.92 Å². The molecule has 3 nitrogen and oxygen atoms in total. The zero-order valence-corrected chi connectivity index (χ0v) is 8.50. The first-order chi connectivity index (χ1) is 6.73. The second-order valence-electron chi connectivity index (χ2n) is 4.70. The highest BCUT2D eigenvalue weighted by molar-refractivity contribution is 5.75. The quantitative estimate of drug-likeness (QED) is 0.755. The van der Waals surface area contributed by atoms with Crippen LogP contribution in [0.5, 0.6) is 0 Å². The number of hydrogen-bond donors (Lipinski definition) is 1. The fraction of sp³-hybridized carbons (Fsp3) is 0.909. The normalized spacial score (nSPS) is 26.9. The van der Waals surface area contributed by atoms with Crippen molar-refractivity contribution in [3.8, 4) is 0 Å². The molecular formula is C11H18O3. The van der Waals surface area contributed by atoms with Gasteiger partial charge in [-0.3, -0.25) is 4.79 Å². The lowest BCUT2D eigenvalue weighted by Gasteiger charge is -2.41. The molecule has 0 bridgehead atoms. The maximum absolute atomic E-state index is 11.1. The molecule has 0 atom stereocenters. The fourth-order valence-electron chi connectivity index (χ4n) is 2.61. The summed E-state index contributed by atoms with van der Waals surface area (Å²) >= 11 is 0. The molecule has 1 saturated heterocycles. The molecule has 0 unspecified atom stereocenters. The zero-order chi connectivity index (χ0) is 10.0. The summed E-state index contributed by atoms with van der Waals surface area (Å²) in [6, 6.07) is 0. The number of carbonyl (C=O) groups is 1. The number of carboxylic acids is 1. The second-order valence-corrected chi connectivity index (χ2v) is 4.70. The van der Waals surface area contributed by atoms with Gasteiger partial charge < -0.3 is 9.84 Å². The minimum Gasteiger partial charge on any atom is -0.481 e. The van der Waals surface area contributed by atoms with Crippen LogP contribution in [0.15, 0.2) is 0 Å². The van der Waals surface area contributed by atoms with Gasteiger partial charge in [0.1, 0.15) is 0 Å². The van der Waals surface area contributed by atoms with E-state index >= 15 is 0 Å². The Morgan fingerprint density at radius 2 is 2.00 bits per heavy atom. The Morgan fingerprint density at radius 3 is 2.43 bits per heavy atom. The van der Waals surface area contributed by atoms with Gasteiger partial charge in [-0.05, 0) is 38.0 Å². The lowest BCUT2D eigenvalue weighted by Crippen LogP contribution is -2.40. The third kappa shape index (κ3) is 1.78. The Balaban J connectivity index is 1.90. The van der Waals surface area contributed by atoms with Crippen molar-refractivity contribution in [2.45, 2.75) is 38.5 Å². The van der Waals surface area contributed by atoms with Crippen molar-refractivity contribution in [1.29, 1.82) is 0 Å². The van der Waals surface area contributed by atoms with Crippen molar-refractivity contribution in [3.05, 3.63) is 0 Å². The van der Waals surface area contributed by atoms with Crippen LogP contribution >= 0.6 is 0 Å². The number of hydrogen-bond acceptors (Lipinski definition) is 2. The van der Waals surface area contributed by atoms with Gasteiger partial charge in [0.2, 0.25) is 0 Å². The molecule has 1 aliphatic heterocycles. The molecule has 2 aliphatic rings. The van der Waals surface area contributed by atoms with Crippen LogP contribution in [0.4, 0.5) is 0 Å². The number of rotatable bonds is 3. The fourth-order valence-corrected chi connectivity index (χ4v) is 2.61. The van der Waals surface area contributed by atoms with E-state index in [2.05, 4.69) is 0 Å². The average Bonchev–Trinajstić information content (AvgIpc) is 2.12. The van der Waals surface area contributed by atoms with Gasteiger partial charge in [-0.25, -0.2) is 0 Å². The van der Waals surface area contributed by atoms with Crippen molar-refractivity contribution in [2.24, 2.45) is 11.3 Å². The summed E-state index contributed by atoms with van der Waals surface area (Å²) in [5.41, 5.74) is -0.359. The third-order valence-electron chi connectivity index (χ3n) is 3.78. The van der Waals surface area contributed by atoms with Gasteiger partial charge in [0.05, 0.1) is 5.41 Å². The number of carboxylic acid groups (broad SMARTS) is 1. The van der Waals surface area contributed by atoms with E-state index in [4.69, 9.17) is 4.74 Å². The van der Waals surface area contributed by atoms with E-state index in [9.17, 15) is 9.90 Å². The molecule has 1 saturated carbocycles. The lowest BCUT2D eigenvalue weighted by molar-refractivity contribution is -0.156. The largest absolute Gasteiger partial charge is 0.481 e. The van der Waals surface area contributed by atoms with Crippen molar-refractivity contribution < 1.29 is 14.6 Å². The lowest BCUT2D eigenvalue weighted by atomic mass is 9.63. The summed E-state index contributed by atoms with van der Waals surface area (Å²) in [6.07, 6.45) is 5.85. The molecule has 0 spiro atoms. The molecule has 0 amide bonds. The van der Waals surface area contributed by atoms with Crippen molar-refractivity contribution in [3.63, 3.8) is 0 Å². The van der Waals surface area contributed by atoms with Crippen LogP contribution in [0.1, 0.15) is 38.5 Å². The van der Waals surface area contributed by atoms with Crippen LogP contribution in [0, 0.1) is 11.3 Å². The van der Waals surface area contributed by atoms with Gasteiger partial charge >= 0.3 is 5.97 Å². The van der Waals surface area contributed by atoms with E-state index in [1.54, 1.807) is 0 Å². The SMILES string of the molecule is O=C(O)C1(CC2CCOCC2)CCC1. The van der Waals surface area contributed by atoms with E-state index in [0.717, 1.165) is 51.7 Å². The Hall–Kier alpha value is -0.570. The monoisotopic (exact) mass is 198 g/mol. The van der Waals surface area contributed by atoms with Gasteiger partial charge in [0.25, 0.3) is 0 Å². The minimum atomic E-state index is -0.574. The molecule has 3 heteroatoms. The highest BCUT2D eigenvalue weighted by atomic mass is 16.5. The van der Waals surface area contributed by atoms with E-state index in [1.807, 2.05) is 0 Å². The molecule has 14 heavy (non-hydrogen) atoms. The molecule has 0 radical (unpaired) electrons. The summed E-state index contributed by atoms with van der Waals surface area (Å²) in [4.78, 5) is 11.1. The topological polar surface area (TPSA) is 46.5 Å². The predicted octanol–water partition coefficient (Wildman–Crippen LogP) is 2.06. The highest BCUT2D eigenvalue weighted by Crippen LogP contribution is 2.47. The van der Waals surface area contributed by atoms with Crippen LogP contribution in [0.3, 0.4) is 0 Å². The summed E-state index contributed by atoms with van der Waals surface area (Å²) in [6.45, 7) is 1.64. The molecule has 80 valence electrons. The summed E-state index contributed by atoms with van der Waals surface area (Å²) in [7, 11) is 0. The molecule has 0 aromatic carbocycles. The Morgan fingerprint density at radius 1 is 1.36 bits per heavy atom. The smallest absolute Gasteiger partial charge is 0.309 e. The van der Waals surface area contributed by atoms with Gasteiger partial charge in [0, 0.05) is 13.2 Å². The average molecular weight is 198 g/mol. The molecular weight excluding hydrogens is 180 g/mol. The van der Waals surface area contributed by atoms with Gasteiger partial charge in [-0.2, -0.15) is 0 Å². The maximum atomic E-state index is 11.1. The molecule has 2 fully saturated rings.